The minimum absolute atomic E-state index is 0.161. The van der Waals surface area contributed by atoms with Gasteiger partial charge in [-0.15, -0.1) is 11.3 Å². The van der Waals surface area contributed by atoms with Crippen LogP contribution in [0.15, 0.2) is 66.0 Å². The van der Waals surface area contributed by atoms with Gasteiger partial charge in [-0.2, -0.15) is 0 Å². The summed E-state index contributed by atoms with van der Waals surface area (Å²) in [5.74, 6) is -0.510. The summed E-state index contributed by atoms with van der Waals surface area (Å²) in [4.78, 5) is 12.8. The number of fused-ring (bicyclic) bond motifs is 1. The molecule has 2 aromatic heterocycles. The number of hydrogen-bond acceptors (Lipinski definition) is 2. The zero-order valence-electron chi connectivity index (χ0n) is 14.9. The van der Waals surface area contributed by atoms with Crippen LogP contribution in [-0.4, -0.2) is 10.5 Å². The Labute approximate surface area is 161 Å². The molecule has 2 aromatic carbocycles. The van der Waals surface area contributed by atoms with Crippen LogP contribution in [-0.2, 0) is 13.1 Å². The van der Waals surface area contributed by atoms with Crippen LogP contribution in [0.3, 0.4) is 0 Å². The molecule has 4 aromatic rings. The van der Waals surface area contributed by atoms with E-state index in [1.165, 1.54) is 17.2 Å². The molecule has 1 N–H and O–H groups in total. The van der Waals surface area contributed by atoms with Gasteiger partial charge in [0.05, 0.1) is 10.2 Å². The fourth-order valence-electron chi connectivity index (χ4n) is 3.20. The number of amides is 1. The number of aryl methyl sites for hydroxylation is 1. The summed E-state index contributed by atoms with van der Waals surface area (Å²) in [5.41, 5.74) is 4.47. The Bertz CT molecular complexity index is 1110. The quantitative estimate of drug-likeness (QED) is 0.513. The lowest BCUT2D eigenvalue weighted by Crippen LogP contribution is -2.26. The Morgan fingerprint density at radius 2 is 1.81 bits per heavy atom. The second-order valence-electron chi connectivity index (χ2n) is 6.49. The van der Waals surface area contributed by atoms with Gasteiger partial charge in [0.1, 0.15) is 11.5 Å². The first-order valence-corrected chi connectivity index (χ1v) is 9.64. The molecule has 0 radical (unpaired) electrons. The number of thiophene rings is 1. The number of rotatable bonds is 5. The Hall–Kier alpha value is -2.92. The molecular formula is C22H19FN2OS. The maximum Gasteiger partial charge on any atom is 0.268 e. The monoisotopic (exact) mass is 378 g/mol. The van der Waals surface area contributed by atoms with Crippen LogP contribution < -0.4 is 5.32 Å². The van der Waals surface area contributed by atoms with Crippen molar-refractivity contribution in [2.75, 3.05) is 0 Å². The van der Waals surface area contributed by atoms with Crippen LogP contribution in [0.25, 0.3) is 10.2 Å². The number of nitrogens with zero attached hydrogens (tertiary/aromatic N) is 1. The highest BCUT2D eigenvalue weighted by molar-refractivity contribution is 7.17. The van der Waals surface area contributed by atoms with Gasteiger partial charge in [-0.25, -0.2) is 4.39 Å². The predicted octanol–water partition coefficient (Wildman–Crippen LogP) is 5.13. The molecule has 27 heavy (non-hydrogen) atoms. The maximum absolute atomic E-state index is 13.8. The normalized spacial score (nSPS) is 11.0. The number of hydrogen-bond donors (Lipinski definition) is 1. The van der Waals surface area contributed by atoms with Gasteiger partial charge in [0.25, 0.3) is 5.91 Å². The molecule has 0 aliphatic rings. The van der Waals surface area contributed by atoms with E-state index < -0.39 is 0 Å². The van der Waals surface area contributed by atoms with Crippen LogP contribution >= 0.6 is 11.3 Å². The van der Waals surface area contributed by atoms with Gasteiger partial charge >= 0.3 is 0 Å². The number of carbonyl (C=O) groups excluding carboxylic acids is 1. The highest BCUT2D eigenvalue weighted by Gasteiger charge is 2.17. The fraction of sp³-hybridized carbons (Fsp3) is 0.136. The Balaban J connectivity index is 1.63. The van der Waals surface area contributed by atoms with E-state index in [1.54, 1.807) is 29.5 Å². The Morgan fingerprint density at radius 1 is 1.07 bits per heavy atom. The lowest BCUT2D eigenvalue weighted by Gasteiger charge is -2.13. The molecule has 4 rings (SSSR count). The number of halogens is 1. The third-order valence-corrected chi connectivity index (χ3v) is 5.60. The first-order chi connectivity index (χ1) is 13.1. The van der Waals surface area contributed by atoms with Gasteiger partial charge in [0.2, 0.25) is 0 Å². The van der Waals surface area contributed by atoms with Crippen LogP contribution in [0.2, 0.25) is 0 Å². The summed E-state index contributed by atoms with van der Waals surface area (Å²) in [6.45, 7) is 2.85. The standard InChI is InChI=1S/C22H19FN2OS/c1-15-6-2-3-8-17(15)14-25-19-10-11-27-21(19)12-20(25)22(26)24-13-16-7-4-5-9-18(16)23/h2-12H,13-14H2,1H3,(H,24,26). The van der Waals surface area contributed by atoms with Crippen molar-refractivity contribution < 1.29 is 9.18 Å². The van der Waals surface area contributed by atoms with Crippen molar-refractivity contribution in [3.63, 3.8) is 0 Å². The van der Waals surface area contributed by atoms with Crippen molar-refractivity contribution in [3.8, 4) is 0 Å². The maximum atomic E-state index is 13.8. The summed E-state index contributed by atoms with van der Waals surface area (Å²) < 4.78 is 16.9. The summed E-state index contributed by atoms with van der Waals surface area (Å²) in [6.07, 6.45) is 0. The highest BCUT2D eigenvalue weighted by Crippen LogP contribution is 2.27. The van der Waals surface area contributed by atoms with Crippen molar-refractivity contribution in [2.45, 2.75) is 20.0 Å². The molecule has 0 aliphatic carbocycles. The molecule has 0 unspecified atom stereocenters. The van der Waals surface area contributed by atoms with Crippen molar-refractivity contribution in [1.82, 2.24) is 9.88 Å². The number of aromatic nitrogens is 1. The lowest BCUT2D eigenvalue weighted by atomic mass is 10.1. The second-order valence-corrected chi connectivity index (χ2v) is 7.43. The van der Waals surface area contributed by atoms with Crippen LogP contribution in [0.5, 0.6) is 0 Å². The lowest BCUT2D eigenvalue weighted by molar-refractivity contribution is 0.0942. The molecule has 5 heteroatoms. The van der Waals surface area contributed by atoms with Gasteiger partial charge in [-0.3, -0.25) is 4.79 Å². The number of benzene rings is 2. The van der Waals surface area contributed by atoms with Gasteiger partial charge in [0, 0.05) is 18.7 Å². The molecule has 3 nitrogen and oxygen atoms in total. The Kier molecular flexibility index (Phi) is 4.77. The molecule has 0 spiro atoms. The van der Waals surface area contributed by atoms with Gasteiger partial charge in [-0.1, -0.05) is 42.5 Å². The fourth-order valence-corrected chi connectivity index (χ4v) is 4.02. The van der Waals surface area contributed by atoms with Crippen LogP contribution in [0.1, 0.15) is 27.2 Å². The molecule has 136 valence electrons. The van der Waals surface area contributed by atoms with E-state index in [2.05, 4.69) is 24.4 Å². The van der Waals surface area contributed by atoms with Crippen LogP contribution in [0.4, 0.5) is 4.39 Å². The van der Waals surface area contributed by atoms with Gasteiger partial charge < -0.3 is 9.88 Å². The molecule has 0 aliphatic heterocycles. The average Bonchev–Trinajstić information content (AvgIpc) is 3.25. The zero-order chi connectivity index (χ0) is 18.8. The third-order valence-electron chi connectivity index (χ3n) is 4.74. The van der Waals surface area contributed by atoms with E-state index in [1.807, 2.05) is 34.2 Å². The summed E-state index contributed by atoms with van der Waals surface area (Å²) in [7, 11) is 0. The largest absolute Gasteiger partial charge is 0.347 e. The van der Waals surface area contributed by atoms with E-state index in [-0.39, 0.29) is 18.3 Å². The van der Waals surface area contributed by atoms with Gasteiger partial charge in [0.15, 0.2) is 0 Å². The molecule has 0 fully saturated rings. The van der Waals surface area contributed by atoms with E-state index in [4.69, 9.17) is 0 Å². The predicted molar refractivity (Wildman–Crippen MR) is 108 cm³/mol. The van der Waals surface area contributed by atoms with E-state index in [0.29, 0.717) is 17.8 Å². The van der Waals surface area contributed by atoms with Crippen molar-refractivity contribution in [2.24, 2.45) is 0 Å². The molecule has 2 heterocycles. The van der Waals surface area contributed by atoms with Crippen LogP contribution in [0, 0.1) is 12.7 Å². The molecule has 0 saturated heterocycles. The smallest absolute Gasteiger partial charge is 0.268 e. The third kappa shape index (κ3) is 3.51. The minimum Gasteiger partial charge on any atom is -0.347 e. The molecule has 0 atom stereocenters. The molecule has 0 bridgehead atoms. The topological polar surface area (TPSA) is 34.0 Å². The highest BCUT2D eigenvalue weighted by atomic mass is 32.1. The van der Waals surface area contributed by atoms with Crippen molar-refractivity contribution in [3.05, 3.63) is 94.2 Å². The summed E-state index contributed by atoms with van der Waals surface area (Å²) in [5, 5.41) is 4.88. The van der Waals surface area contributed by atoms with Gasteiger partial charge in [-0.05, 0) is 41.6 Å². The average molecular weight is 378 g/mol. The van der Waals surface area contributed by atoms with Crippen molar-refractivity contribution >= 4 is 27.5 Å². The molecule has 1 amide bonds. The minimum atomic E-state index is -0.311. The van der Waals surface area contributed by atoms with E-state index in [0.717, 1.165) is 10.2 Å². The second kappa shape index (κ2) is 7.37. The van der Waals surface area contributed by atoms with E-state index in [9.17, 15) is 9.18 Å². The van der Waals surface area contributed by atoms with Crippen molar-refractivity contribution in [1.29, 1.82) is 0 Å². The molecular weight excluding hydrogens is 359 g/mol. The molecule has 0 saturated carbocycles. The summed E-state index contributed by atoms with van der Waals surface area (Å²) >= 11 is 1.61. The first kappa shape index (κ1) is 17.5. The Morgan fingerprint density at radius 3 is 2.59 bits per heavy atom. The SMILES string of the molecule is Cc1ccccc1Cn1c(C(=O)NCc2ccccc2F)cc2sccc21. The zero-order valence-corrected chi connectivity index (χ0v) is 15.7. The number of carbonyl (C=O) groups is 1. The summed E-state index contributed by atoms with van der Waals surface area (Å²) in [6, 6.07) is 18.6. The van der Waals surface area contributed by atoms with E-state index >= 15 is 0 Å². The number of nitrogens with one attached hydrogen (secondary N) is 1. The first-order valence-electron chi connectivity index (χ1n) is 8.76.